The summed E-state index contributed by atoms with van der Waals surface area (Å²) in [5.41, 5.74) is 1.75. The van der Waals surface area contributed by atoms with Crippen molar-refractivity contribution >= 4 is 34.0 Å². The van der Waals surface area contributed by atoms with Crippen LogP contribution in [0.2, 0.25) is 5.02 Å². The molecule has 0 amide bonds. The Morgan fingerprint density at radius 3 is 2.95 bits per heavy atom. The summed E-state index contributed by atoms with van der Waals surface area (Å²) in [6.07, 6.45) is 0.677. The number of halogens is 1. The van der Waals surface area contributed by atoms with E-state index in [0.29, 0.717) is 18.0 Å². The lowest BCUT2D eigenvalue weighted by molar-refractivity contribution is -0.140. The number of hydrogen-bond donors (Lipinski definition) is 1. The van der Waals surface area contributed by atoms with Gasteiger partial charge in [0.2, 0.25) is 0 Å². The van der Waals surface area contributed by atoms with E-state index in [1.54, 1.807) is 0 Å². The third-order valence-electron chi connectivity index (χ3n) is 3.45. The summed E-state index contributed by atoms with van der Waals surface area (Å²) in [7, 11) is 0. The standard InChI is InChI=1S/C14H13ClN2O2S/c15-11-4-2-1-3-10(11)12-8-20-14(16-12)17-6-5-9(7-17)13(18)19/h1-4,8-9H,5-7H2,(H,18,19). The van der Waals surface area contributed by atoms with Gasteiger partial charge in [-0.2, -0.15) is 0 Å². The van der Waals surface area contributed by atoms with Gasteiger partial charge in [0, 0.05) is 29.1 Å². The Labute approximate surface area is 125 Å². The molecular weight excluding hydrogens is 296 g/mol. The van der Waals surface area contributed by atoms with Gasteiger partial charge in [-0.15, -0.1) is 11.3 Å². The summed E-state index contributed by atoms with van der Waals surface area (Å²) >= 11 is 7.69. The van der Waals surface area contributed by atoms with Gasteiger partial charge >= 0.3 is 5.97 Å². The van der Waals surface area contributed by atoms with Gasteiger partial charge in [0.05, 0.1) is 11.6 Å². The highest BCUT2D eigenvalue weighted by Gasteiger charge is 2.29. The Hall–Kier alpha value is -1.59. The van der Waals surface area contributed by atoms with Crippen molar-refractivity contribution in [2.24, 2.45) is 5.92 Å². The molecule has 20 heavy (non-hydrogen) atoms. The first-order valence-corrected chi connectivity index (χ1v) is 7.59. The minimum Gasteiger partial charge on any atom is -0.481 e. The second-order valence-corrected chi connectivity index (χ2v) is 6.01. The lowest BCUT2D eigenvalue weighted by atomic mass is 10.1. The van der Waals surface area contributed by atoms with E-state index < -0.39 is 5.97 Å². The van der Waals surface area contributed by atoms with Crippen LogP contribution in [-0.2, 0) is 4.79 Å². The highest BCUT2D eigenvalue weighted by atomic mass is 35.5. The van der Waals surface area contributed by atoms with Crippen molar-refractivity contribution in [3.8, 4) is 11.3 Å². The van der Waals surface area contributed by atoms with E-state index in [1.807, 2.05) is 34.5 Å². The van der Waals surface area contributed by atoms with E-state index in [4.69, 9.17) is 16.7 Å². The van der Waals surface area contributed by atoms with E-state index in [0.717, 1.165) is 22.9 Å². The first kappa shape index (κ1) is 13.4. The number of rotatable bonds is 3. The van der Waals surface area contributed by atoms with E-state index in [9.17, 15) is 4.79 Å². The van der Waals surface area contributed by atoms with Crippen LogP contribution in [0.15, 0.2) is 29.6 Å². The number of nitrogens with zero attached hydrogens (tertiary/aromatic N) is 2. The number of anilines is 1. The molecule has 0 saturated carbocycles. The number of benzene rings is 1. The van der Waals surface area contributed by atoms with E-state index in [-0.39, 0.29) is 5.92 Å². The number of carboxylic acids is 1. The van der Waals surface area contributed by atoms with Gasteiger partial charge in [-0.1, -0.05) is 29.8 Å². The molecule has 1 aromatic heterocycles. The fraction of sp³-hybridized carbons (Fsp3) is 0.286. The summed E-state index contributed by atoms with van der Waals surface area (Å²) in [5, 5.41) is 12.5. The first-order valence-electron chi connectivity index (χ1n) is 6.33. The average Bonchev–Trinajstić information content (AvgIpc) is 3.08. The van der Waals surface area contributed by atoms with Crippen molar-refractivity contribution in [3.05, 3.63) is 34.7 Å². The molecule has 2 heterocycles. The highest BCUT2D eigenvalue weighted by molar-refractivity contribution is 7.14. The molecule has 1 N–H and O–H groups in total. The van der Waals surface area contributed by atoms with Gasteiger partial charge in [0.1, 0.15) is 0 Å². The van der Waals surface area contributed by atoms with Gasteiger partial charge in [-0.25, -0.2) is 4.98 Å². The molecule has 104 valence electrons. The van der Waals surface area contributed by atoms with Crippen molar-refractivity contribution in [1.82, 2.24) is 4.98 Å². The van der Waals surface area contributed by atoms with Crippen molar-refractivity contribution in [2.45, 2.75) is 6.42 Å². The maximum Gasteiger partial charge on any atom is 0.308 e. The van der Waals surface area contributed by atoms with Crippen molar-refractivity contribution in [2.75, 3.05) is 18.0 Å². The van der Waals surface area contributed by atoms with E-state index in [2.05, 4.69) is 4.98 Å². The Balaban J connectivity index is 1.81. The van der Waals surface area contributed by atoms with Crippen LogP contribution in [0, 0.1) is 5.92 Å². The summed E-state index contributed by atoms with van der Waals surface area (Å²) in [6, 6.07) is 7.59. The second kappa shape index (κ2) is 5.42. The summed E-state index contributed by atoms with van der Waals surface area (Å²) in [4.78, 5) is 17.6. The molecule has 0 spiro atoms. The lowest BCUT2D eigenvalue weighted by Crippen LogP contribution is -2.22. The molecule has 1 saturated heterocycles. The largest absolute Gasteiger partial charge is 0.481 e. The van der Waals surface area contributed by atoms with Crippen LogP contribution in [-0.4, -0.2) is 29.1 Å². The molecule has 0 bridgehead atoms. The zero-order chi connectivity index (χ0) is 14.1. The van der Waals surface area contributed by atoms with Gasteiger partial charge in [0.25, 0.3) is 0 Å². The molecule has 1 atom stereocenters. The quantitative estimate of drug-likeness (QED) is 0.944. The Morgan fingerprint density at radius 2 is 2.25 bits per heavy atom. The summed E-state index contributed by atoms with van der Waals surface area (Å²) in [5.74, 6) is -1.02. The molecule has 1 aromatic carbocycles. The number of aromatic nitrogens is 1. The maximum atomic E-state index is 11.0. The zero-order valence-electron chi connectivity index (χ0n) is 10.6. The second-order valence-electron chi connectivity index (χ2n) is 4.77. The van der Waals surface area contributed by atoms with Crippen LogP contribution in [0.5, 0.6) is 0 Å². The summed E-state index contributed by atoms with van der Waals surface area (Å²) < 4.78 is 0. The Bertz CT molecular complexity index is 644. The predicted octanol–water partition coefficient (Wildman–Crippen LogP) is 3.37. The van der Waals surface area contributed by atoms with Gasteiger partial charge < -0.3 is 10.0 Å². The third-order valence-corrected chi connectivity index (χ3v) is 4.68. The highest BCUT2D eigenvalue weighted by Crippen LogP contribution is 2.33. The zero-order valence-corrected chi connectivity index (χ0v) is 12.2. The fourth-order valence-corrected chi connectivity index (χ4v) is 3.43. The monoisotopic (exact) mass is 308 g/mol. The van der Waals surface area contributed by atoms with Crippen LogP contribution in [0.1, 0.15) is 6.42 Å². The molecule has 1 fully saturated rings. The molecule has 4 nitrogen and oxygen atoms in total. The molecule has 6 heteroatoms. The van der Waals surface area contributed by atoms with Gasteiger partial charge in [-0.3, -0.25) is 4.79 Å². The number of carbonyl (C=O) groups is 1. The predicted molar refractivity (Wildman–Crippen MR) is 80.5 cm³/mol. The minimum absolute atomic E-state index is 0.289. The average molecular weight is 309 g/mol. The van der Waals surface area contributed by atoms with Crippen molar-refractivity contribution in [3.63, 3.8) is 0 Å². The minimum atomic E-state index is -0.726. The molecule has 1 aliphatic rings. The number of hydrogen-bond acceptors (Lipinski definition) is 4. The van der Waals surface area contributed by atoms with E-state index in [1.165, 1.54) is 11.3 Å². The number of carboxylic acid groups (broad SMARTS) is 1. The topological polar surface area (TPSA) is 53.4 Å². The van der Waals surface area contributed by atoms with E-state index >= 15 is 0 Å². The molecule has 2 aromatic rings. The molecular formula is C14H13ClN2O2S. The smallest absolute Gasteiger partial charge is 0.308 e. The summed E-state index contributed by atoms with van der Waals surface area (Å²) in [6.45, 7) is 1.28. The molecule has 3 rings (SSSR count). The molecule has 1 aliphatic heterocycles. The van der Waals surface area contributed by atoms with Crippen LogP contribution in [0.25, 0.3) is 11.3 Å². The molecule has 0 aliphatic carbocycles. The number of aliphatic carboxylic acids is 1. The van der Waals surface area contributed by atoms with Crippen molar-refractivity contribution < 1.29 is 9.90 Å². The van der Waals surface area contributed by atoms with Crippen LogP contribution >= 0.6 is 22.9 Å². The molecule has 1 unspecified atom stereocenters. The normalized spacial score (nSPS) is 18.4. The third kappa shape index (κ3) is 2.51. The Morgan fingerprint density at radius 1 is 1.45 bits per heavy atom. The van der Waals surface area contributed by atoms with Crippen LogP contribution < -0.4 is 4.90 Å². The lowest BCUT2D eigenvalue weighted by Gasteiger charge is -2.13. The van der Waals surface area contributed by atoms with Gasteiger partial charge in [0.15, 0.2) is 5.13 Å². The first-order chi connectivity index (χ1) is 9.65. The SMILES string of the molecule is O=C(O)C1CCN(c2nc(-c3ccccc3Cl)cs2)C1. The Kier molecular flexibility index (Phi) is 3.63. The fourth-order valence-electron chi connectivity index (χ4n) is 2.34. The number of thiazole rings is 1. The molecule has 0 radical (unpaired) electrons. The van der Waals surface area contributed by atoms with Crippen molar-refractivity contribution in [1.29, 1.82) is 0 Å². The van der Waals surface area contributed by atoms with Crippen LogP contribution in [0.4, 0.5) is 5.13 Å². The van der Waals surface area contributed by atoms with Crippen LogP contribution in [0.3, 0.4) is 0 Å². The maximum absolute atomic E-state index is 11.0. The van der Waals surface area contributed by atoms with Gasteiger partial charge in [-0.05, 0) is 12.5 Å².